The number of rotatable bonds is 7. The highest BCUT2D eigenvalue weighted by molar-refractivity contribution is 7.80. The molecule has 6 nitrogen and oxygen atoms in total. The summed E-state index contributed by atoms with van der Waals surface area (Å²) < 4.78 is 53.6. The quantitative estimate of drug-likeness (QED) is 0.309. The molecule has 1 aliphatic rings. The number of Topliss-reactive ketones (excluding diaryl/α,β-unsaturated/α-hetero) is 1. The molecule has 1 aliphatic heterocycles. The third kappa shape index (κ3) is 4.97. The Morgan fingerprint density at radius 2 is 1.89 bits per heavy atom. The first-order valence-electron chi connectivity index (χ1n) is 10.4. The van der Waals surface area contributed by atoms with Gasteiger partial charge in [-0.2, -0.15) is 13.2 Å². The molecule has 0 unspecified atom stereocenters. The van der Waals surface area contributed by atoms with Gasteiger partial charge in [0.25, 0.3) is 0 Å². The first-order chi connectivity index (χ1) is 16.6. The highest BCUT2D eigenvalue weighted by Crippen LogP contribution is 2.45. The third-order valence-electron chi connectivity index (χ3n) is 5.64. The lowest BCUT2D eigenvalue weighted by molar-refractivity contribution is -0.285. The Morgan fingerprint density at radius 1 is 1.14 bits per heavy atom. The van der Waals surface area contributed by atoms with E-state index in [9.17, 15) is 23.1 Å². The van der Waals surface area contributed by atoms with E-state index >= 15 is 0 Å². The molecule has 35 heavy (non-hydrogen) atoms. The van der Waals surface area contributed by atoms with Crippen molar-refractivity contribution in [2.45, 2.75) is 24.6 Å². The van der Waals surface area contributed by atoms with Gasteiger partial charge in [0.05, 0.1) is 18.0 Å². The van der Waals surface area contributed by atoms with Crippen LogP contribution in [0.4, 0.5) is 13.2 Å². The lowest BCUT2D eigenvalue weighted by atomic mass is 9.78. The predicted octanol–water partition coefficient (Wildman–Crippen LogP) is 4.60. The third-order valence-corrected chi connectivity index (χ3v) is 6.74. The minimum atomic E-state index is -5.20. The van der Waals surface area contributed by atoms with E-state index in [2.05, 4.69) is 5.32 Å². The Balaban J connectivity index is 1.72. The molecule has 3 aromatic rings. The van der Waals surface area contributed by atoms with Crippen LogP contribution in [-0.4, -0.2) is 35.0 Å². The molecule has 1 aromatic heterocycles. The van der Waals surface area contributed by atoms with Gasteiger partial charge in [0, 0.05) is 0 Å². The van der Waals surface area contributed by atoms with Gasteiger partial charge >= 0.3 is 6.18 Å². The standard InChI is InChI=1S/C24H21F3N2O4S2/c1-32-17-12-15(9-10-16(17)33-13-14-6-3-2-4-7-14)20-19(21(30)18-8-5-11-35-18)23(31,24(25,26)27)29-22(34)28-20/h2-12,19-20,31H,13H2,1H3,(H2,28,29,34)/t19-,20+,23-/m0/s1. The molecular weight excluding hydrogens is 501 g/mol. The van der Waals surface area contributed by atoms with Crippen LogP contribution in [0.3, 0.4) is 0 Å². The molecule has 3 N–H and O–H groups in total. The summed E-state index contributed by atoms with van der Waals surface area (Å²) in [5.41, 5.74) is -2.41. The molecule has 0 aliphatic carbocycles. The number of ketones is 1. The van der Waals surface area contributed by atoms with Gasteiger partial charge in [0.1, 0.15) is 12.5 Å². The number of thiocarbonyl (C=S) groups is 1. The predicted molar refractivity (Wildman–Crippen MR) is 129 cm³/mol. The van der Waals surface area contributed by atoms with Crippen molar-refractivity contribution in [2.75, 3.05) is 7.11 Å². The lowest BCUT2D eigenvalue weighted by Crippen LogP contribution is -2.72. The number of carbonyl (C=O) groups is 1. The molecule has 1 fully saturated rings. The number of methoxy groups -OCH3 is 1. The maximum atomic E-state index is 14.1. The fraction of sp³-hybridized carbons (Fsp3) is 0.250. The van der Waals surface area contributed by atoms with Crippen molar-refractivity contribution >= 4 is 34.5 Å². The number of halogens is 3. The lowest BCUT2D eigenvalue weighted by Gasteiger charge is -2.46. The highest BCUT2D eigenvalue weighted by atomic mass is 32.1. The normalized spacial score (nSPS) is 22.1. The van der Waals surface area contributed by atoms with Crippen molar-refractivity contribution in [1.29, 1.82) is 0 Å². The van der Waals surface area contributed by atoms with Crippen LogP contribution in [-0.2, 0) is 6.61 Å². The molecule has 2 heterocycles. The number of hydrogen-bond donors (Lipinski definition) is 3. The zero-order chi connectivity index (χ0) is 25.2. The summed E-state index contributed by atoms with van der Waals surface area (Å²) in [5, 5.41) is 16.5. The van der Waals surface area contributed by atoms with Crippen LogP contribution in [0.25, 0.3) is 0 Å². The van der Waals surface area contributed by atoms with E-state index in [1.807, 2.05) is 35.6 Å². The zero-order valence-corrected chi connectivity index (χ0v) is 20.0. The van der Waals surface area contributed by atoms with E-state index in [1.165, 1.54) is 25.3 Å². The molecule has 184 valence electrons. The second kappa shape index (κ2) is 9.84. The summed E-state index contributed by atoms with van der Waals surface area (Å²) >= 11 is 5.96. The fourth-order valence-corrected chi connectivity index (χ4v) is 4.91. The van der Waals surface area contributed by atoms with Crippen molar-refractivity contribution in [1.82, 2.24) is 10.6 Å². The minimum Gasteiger partial charge on any atom is -0.493 e. The van der Waals surface area contributed by atoms with Crippen molar-refractivity contribution in [2.24, 2.45) is 5.92 Å². The van der Waals surface area contributed by atoms with E-state index in [0.717, 1.165) is 16.9 Å². The summed E-state index contributed by atoms with van der Waals surface area (Å²) in [4.78, 5) is 13.3. The van der Waals surface area contributed by atoms with Gasteiger partial charge in [-0.05, 0) is 46.9 Å². The van der Waals surface area contributed by atoms with Crippen LogP contribution in [0, 0.1) is 5.92 Å². The number of ether oxygens (including phenoxy) is 2. The maximum absolute atomic E-state index is 14.1. The summed E-state index contributed by atoms with van der Waals surface area (Å²) in [6.07, 6.45) is -5.20. The molecular formula is C24H21F3N2O4S2. The van der Waals surface area contributed by atoms with Crippen LogP contribution in [0.5, 0.6) is 11.5 Å². The first kappa shape index (κ1) is 25.0. The van der Waals surface area contributed by atoms with Crippen LogP contribution >= 0.6 is 23.6 Å². The molecule has 0 radical (unpaired) electrons. The number of hydrogen-bond acceptors (Lipinski definition) is 6. The highest BCUT2D eigenvalue weighted by Gasteiger charge is 2.65. The Labute approximate surface area is 208 Å². The van der Waals surface area contributed by atoms with Crippen molar-refractivity contribution in [3.05, 3.63) is 82.0 Å². The largest absolute Gasteiger partial charge is 0.493 e. The van der Waals surface area contributed by atoms with Gasteiger partial charge in [-0.15, -0.1) is 11.3 Å². The number of alkyl halides is 3. The van der Waals surface area contributed by atoms with E-state index in [-0.39, 0.29) is 22.8 Å². The summed E-state index contributed by atoms with van der Waals surface area (Å²) in [6.45, 7) is 0.250. The van der Waals surface area contributed by atoms with Gasteiger partial charge in [-0.1, -0.05) is 42.5 Å². The summed E-state index contributed by atoms with van der Waals surface area (Å²) in [5.74, 6) is -2.24. The average molecular weight is 523 g/mol. The van der Waals surface area contributed by atoms with Gasteiger partial charge in [-0.3, -0.25) is 4.79 Å². The minimum absolute atomic E-state index is 0.0777. The van der Waals surface area contributed by atoms with E-state index in [4.69, 9.17) is 21.7 Å². The molecule has 3 atom stereocenters. The number of carbonyl (C=O) groups excluding carboxylic acids is 1. The van der Waals surface area contributed by atoms with Gasteiger partial charge in [0.15, 0.2) is 22.4 Å². The molecule has 11 heteroatoms. The first-order valence-corrected chi connectivity index (χ1v) is 11.7. The van der Waals surface area contributed by atoms with Gasteiger partial charge in [0.2, 0.25) is 5.72 Å². The van der Waals surface area contributed by atoms with Crippen LogP contribution in [0.1, 0.15) is 26.8 Å². The summed E-state index contributed by atoms with van der Waals surface area (Å²) in [7, 11) is 1.40. The fourth-order valence-electron chi connectivity index (χ4n) is 3.92. The van der Waals surface area contributed by atoms with Crippen molar-refractivity contribution in [3.8, 4) is 11.5 Å². The number of aliphatic hydroxyl groups is 1. The van der Waals surface area contributed by atoms with Crippen LogP contribution in [0.15, 0.2) is 66.0 Å². The number of nitrogens with one attached hydrogen (secondary N) is 2. The van der Waals surface area contributed by atoms with Gasteiger partial charge in [-0.25, -0.2) is 0 Å². The second-order valence-corrected chi connectivity index (χ2v) is 9.20. The molecule has 4 rings (SSSR count). The Kier molecular flexibility index (Phi) is 7.02. The molecule has 0 spiro atoms. The maximum Gasteiger partial charge on any atom is 0.437 e. The Morgan fingerprint density at radius 3 is 2.51 bits per heavy atom. The van der Waals surface area contributed by atoms with Crippen molar-refractivity contribution < 1.29 is 32.5 Å². The molecule has 1 saturated heterocycles. The van der Waals surface area contributed by atoms with Crippen LogP contribution in [0.2, 0.25) is 0 Å². The van der Waals surface area contributed by atoms with E-state index < -0.39 is 34.8 Å². The van der Waals surface area contributed by atoms with E-state index in [0.29, 0.717) is 5.75 Å². The topological polar surface area (TPSA) is 79.8 Å². The van der Waals surface area contributed by atoms with Gasteiger partial charge < -0.3 is 25.2 Å². The van der Waals surface area contributed by atoms with Crippen molar-refractivity contribution in [3.63, 3.8) is 0 Å². The molecule has 2 aromatic carbocycles. The second-order valence-electron chi connectivity index (χ2n) is 7.84. The zero-order valence-electron chi connectivity index (χ0n) is 18.3. The smallest absolute Gasteiger partial charge is 0.437 e. The van der Waals surface area contributed by atoms with Crippen LogP contribution < -0.4 is 20.1 Å². The SMILES string of the molecule is COc1cc([C@H]2NC(=S)N[C@@](O)(C(F)(F)F)[C@@H]2C(=O)c2cccs2)ccc1OCc1ccccc1. The molecule has 0 saturated carbocycles. The Hall–Kier alpha value is -3.15. The number of benzene rings is 2. The monoisotopic (exact) mass is 522 g/mol. The summed E-state index contributed by atoms with van der Waals surface area (Å²) in [6, 6.07) is 15.6. The van der Waals surface area contributed by atoms with E-state index in [1.54, 1.807) is 17.5 Å². The molecule has 0 bridgehead atoms. The molecule has 0 amide bonds. The average Bonchev–Trinajstić information content (AvgIpc) is 3.37. The number of thiophene rings is 1. The Bertz CT molecular complexity index is 1210.